The molecule has 2 aliphatic heterocycles. The number of rotatable bonds is 3. The van der Waals surface area contributed by atoms with Crippen molar-refractivity contribution in [1.29, 1.82) is 0 Å². The van der Waals surface area contributed by atoms with Crippen molar-refractivity contribution in [3.63, 3.8) is 0 Å². The Hall–Kier alpha value is -2.96. The molecule has 4 aromatic rings. The molecule has 0 aliphatic carbocycles. The molecule has 6 rings (SSSR count). The minimum atomic E-state index is 0.182. The molecule has 2 unspecified atom stereocenters. The van der Waals surface area contributed by atoms with Crippen molar-refractivity contribution in [2.75, 3.05) is 31.1 Å². The van der Waals surface area contributed by atoms with E-state index in [0.29, 0.717) is 6.04 Å². The van der Waals surface area contributed by atoms with E-state index < -0.39 is 0 Å². The van der Waals surface area contributed by atoms with Crippen LogP contribution in [-0.4, -0.2) is 53.3 Å². The third kappa shape index (κ3) is 2.87. The number of morpholine rings is 1. The van der Waals surface area contributed by atoms with Gasteiger partial charge in [0.1, 0.15) is 17.4 Å². The van der Waals surface area contributed by atoms with Crippen molar-refractivity contribution < 1.29 is 9.15 Å². The molecule has 2 atom stereocenters. The second kappa shape index (κ2) is 6.83. The van der Waals surface area contributed by atoms with E-state index in [1.165, 1.54) is 5.56 Å². The fourth-order valence-corrected chi connectivity index (χ4v) is 4.68. The molecular formula is C23H22N4O2. The first-order valence-electron chi connectivity index (χ1n) is 10.1. The van der Waals surface area contributed by atoms with Gasteiger partial charge in [0, 0.05) is 31.6 Å². The number of para-hydroxylation sites is 1. The first kappa shape index (κ1) is 16.9. The third-order valence-electron chi connectivity index (χ3n) is 6.08. The largest absolute Gasteiger partial charge is 0.450 e. The van der Waals surface area contributed by atoms with Crippen molar-refractivity contribution in [1.82, 2.24) is 14.9 Å². The average Bonchev–Trinajstić information content (AvgIpc) is 3.36. The molecule has 4 heterocycles. The Morgan fingerprint density at radius 3 is 2.76 bits per heavy atom. The van der Waals surface area contributed by atoms with Crippen LogP contribution in [0.5, 0.6) is 0 Å². The van der Waals surface area contributed by atoms with Gasteiger partial charge in [-0.25, -0.2) is 9.97 Å². The highest BCUT2D eigenvalue weighted by atomic mass is 16.5. The second-order valence-corrected chi connectivity index (χ2v) is 7.81. The topological polar surface area (TPSA) is 54.6 Å². The van der Waals surface area contributed by atoms with E-state index in [1.807, 2.05) is 24.3 Å². The molecule has 0 amide bonds. The number of nitrogens with zero attached hydrogens (tertiary/aromatic N) is 4. The molecule has 0 bridgehead atoms. The quantitative estimate of drug-likeness (QED) is 0.537. The summed E-state index contributed by atoms with van der Waals surface area (Å²) in [7, 11) is 0. The molecule has 146 valence electrons. The van der Waals surface area contributed by atoms with E-state index in [9.17, 15) is 0 Å². The maximum absolute atomic E-state index is 6.15. The van der Waals surface area contributed by atoms with Crippen LogP contribution in [0.3, 0.4) is 0 Å². The van der Waals surface area contributed by atoms with E-state index in [0.717, 1.165) is 60.7 Å². The molecule has 6 heteroatoms. The van der Waals surface area contributed by atoms with Gasteiger partial charge >= 0.3 is 0 Å². The van der Waals surface area contributed by atoms with E-state index in [4.69, 9.17) is 9.15 Å². The molecule has 0 spiro atoms. The summed E-state index contributed by atoms with van der Waals surface area (Å²) >= 11 is 0. The van der Waals surface area contributed by atoms with Gasteiger partial charge in [-0.15, -0.1) is 0 Å². The third-order valence-corrected chi connectivity index (χ3v) is 6.08. The molecule has 0 saturated carbocycles. The maximum Gasteiger partial charge on any atom is 0.196 e. The summed E-state index contributed by atoms with van der Waals surface area (Å²) in [4.78, 5) is 13.9. The van der Waals surface area contributed by atoms with E-state index >= 15 is 0 Å². The lowest BCUT2D eigenvalue weighted by Crippen LogP contribution is -2.50. The SMILES string of the molecule is c1ccc(CN2CCOC3CN(c4ncnc5c4oc4ccccc45)CC32)cc1. The predicted molar refractivity (Wildman–Crippen MR) is 112 cm³/mol. The Morgan fingerprint density at radius 1 is 0.966 bits per heavy atom. The van der Waals surface area contributed by atoms with Crippen LogP contribution in [0.1, 0.15) is 5.56 Å². The van der Waals surface area contributed by atoms with Crippen LogP contribution in [0.15, 0.2) is 65.3 Å². The van der Waals surface area contributed by atoms with Crippen molar-refractivity contribution in [2.24, 2.45) is 0 Å². The molecule has 2 aromatic heterocycles. The van der Waals surface area contributed by atoms with Crippen molar-refractivity contribution >= 4 is 27.9 Å². The summed E-state index contributed by atoms with van der Waals surface area (Å²) in [6.45, 7) is 4.36. The Kier molecular flexibility index (Phi) is 3.99. The van der Waals surface area contributed by atoms with Gasteiger partial charge in [0.25, 0.3) is 0 Å². The molecule has 2 fully saturated rings. The van der Waals surface area contributed by atoms with Crippen LogP contribution in [0.2, 0.25) is 0 Å². The standard InChI is InChI=1S/C23H22N4O2/c1-2-6-16(7-3-1)12-26-10-11-28-20-14-27(13-18(20)26)23-22-21(24-15-25-23)17-8-4-5-9-19(17)29-22/h1-9,15,18,20H,10-14H2. The summed E-state index contributed by atoms with van der Waals surface area (Å²) in [6.07, 6.45) is 1.83. The Balaban J connectivity index is 1.32. The monoisotopic (exact) mass is 386 g/mol. The number of hydrogen-bond donors (Lipinski definition) is 0. The van der Waals surface area contributed by atoms with E-state index in [2.05, 4.69) is 50.1 Å². The Morgan fingerprint density at radius 2 is 1.83 bits per heavy atom. The van der Waals surface area contributed by atoms with Gasteiger partial charge in [0.05, 0.1) is 18.8 Å². The Labute approximate surface area is 168 Å². The smallest absolute Gasteiger partial charge is 0.196 e. The maximum atomic E-state index is 6.15. The molecule has 29 heavy (non-hydrogen) atoms. The summed E-state index contributed by atoms with van der Waals surface area (Å²) in [5.74, 6) is 0.865. The van der Waals surface area contributed by atoms with E-state index in [1.54, 1.807) is 6.33 Å². The summed E-state index contributed by atoms with van der Waals surface area (Å²) < 4.78 is 12.3. The van der Waals surface area contributed by atoms with Crippen LogP contribution in [0, 0.1) is 0 Å². The van der Waals surface area contributed by atoms with Gasteiger partial charge in [-0.3, -0.25) is 4.90 Å². The highest BCUT2D eigenvalue weighted by molar-refractivity contribution is 6.05. The molecule has 0 radical (unpaired) electrons. The second-order valence-electron chi connectivity index (χ2n) is 7.81. The van der Waals surface area contributed by atoms with Gasteiger partial charge in [-0.2, -0.15) is 0 Å². The lowest BCUT2D eigenvalue weighted by Gasteiger charge is -2.36. The molecule has 6 nitrogen and oxygen atoms in total. The van der Waals surface area contributed by atoms with Gasteiger partial charge in [0.2, 0.25) is 0 Å². The van der Waals surface area contributed by atoms with Crippen molar-refractivity contribution in [2.45, 2.75) is 18.7 Å². The van der Waals surface area contributed by atoms with Gasteiger partial charge < -0.3 is 14.1 Å². The van der Waals surface area contributed by atoms with Gasteiger partial charge in [0.15, 0.2) is 11.4 Å². The Bertz CT molecular complexity index is 1160. The summed E-state index contributed by atoms with van der Waals surface area (Å²) in [6, 6.07) is 19.0. The van der Waals surface area contributed by atoms with Gasteiger partial charge in [-0.05, 0) is 17.7 Å². The van der Waals surface area contributed by atoms with Gasteiger partial charge in [-0.1, -0.05) is 42.5 Å². The number of ether oxygens (including phenoxy) is 1. The number of hydrogen-bond acceptors (Lipinski definition) is 6. The number of fused-ring (bicyclic) bond motifs is 4. The predicted octanol–water partition coefficient (Wildman–Crippen LogP) is 3.47. The molecule has 2 saturated heterocycles. The minimum absolute atomic E-state index is 0.182. The summed E-state index contributed by atoms with van der Waals surface area (Å²) in [5.41, 5.74) is 3.83. The zero-order valence-corrected chi connectivity index (χ0v) is 16.1. The lowest BCUT2D eigenvalue weighted by atomic mass is 10.1. The zero-order valence-electron chi connectivity index (χ0n) is 16.1. The molecular weight excluding hydrogens is 364 g/mol. The highest BCUT2D eigenvalue weighted by Gasteiger charge is 2.41. The van der Waals surface area contributed by atoms with Crippen LogP contribution in [0.25, 0.3) is 22.1 Å². The van der Waals surface area contributed by atoms with Crippen LogP contribution in [-0.2, 0) is 11.3 Å². The molecule has 2 aromatic carbocycles. The fraction of sp³-hybridized carbons (Fsp3) is 0.304. The fourth-order valence-electron chi connectivity index (χ4n) is 4.68. The first-order valence-corrected chi connectivity index (χ1v) is 10.1. The van der Waals surface area contributed by atoms with Crippen molar-refractivity contribution in [3.05, 3.63) is 66.5 Å². The molecule has 0 N–H and O–H groups in total. The highest BCUT2D eigenvalue weighted by Crippen LogP contribution is 2.35. The zero-order chi connectivity index (χ0) is 19.2. The van der Waals surface area contributed by atoms with Crippen LogP contribution >= 0.6 is 0 Å². The average molecular weight is 386 g/mol. The van der Waals surface area contributed by atoms with Crippen molar-refractivity contribution in [3.8, 4) is 0 Å². The number of furan rings is 1. The van der Waals surface area contributed by atoms with Crippen LogP contribution < -0.4 is 4.90 Å². The first-order chi connectivity index (χ1) is 14.4. The number of anilines is 1. The minimum Gasteiger partial charge on any atom is -0.450 e. The summed E-state index contributed by atoms with van der Waals surface area (Å²) in [5, 5.41) is 1.03. The van der Waals surface area contributed by atoms with Crippen LogP contribution in [0.4, 0.5) is 5.82 Å². The van der Waals surface area contributed by atoms with E-state index in [-0.39, 0.29) is 6.10 Å². The number of benzene rings is 2. The molecule has 2 aliphatic rings. The lowest BCUT2D eigenvalue weighted by molar-refractivity contribution is -0.0499. The number of aromatic nitrogens is 2. The normalized spacial score (nSPS) is 22.4.